The Balaban J connectivity index is 0. The summed E-state index contributed by atoms with van der Waals surface area (Å²) >= 11 is 3.73. The van der Waals surface area contributed by atoms with Gasteiger partial charge in [0.15, 0.2) is 0 Å². The molecule has 0 rings (SSSR count). The quantitative estimate of drug-likeness (QED) is 0.119. The van der Waals surface area contributed by atoms with Gasteiger partial charge >= 0.3 is 0 Å². The topological polar surface area (TPSA) is 130 Å². The smallest absolute Gasteiger partial charge is 0.211 e. The predicted molar refractivity (Wildman–Crippen MR) is 62.1 cm³/mol. The summed E-state index contributed by atoms with van der Waals surface area (Å²) in [6.07, 6.45) is 0. The highest BCUT2D eigenvalue weighted by Crippen LogP contribution is 1.89. The molecule has 0 saturated carbocycles. The predicted octanol–water partition coefficient (Wildman–Crippen LogP) is -0.608. The first-order valence-electron chi connectivity index (χ1n) is 4.92. The van der Waals surface area contributed by atoms with Gasteiger partial charge in [-0.1, -0.05) is 0 Å². The molecule has 0 aromatic rings. The third kappa shape index (κ3) is 25.6. The van der Waals surface area contributed by atoms with E-state index < -0.39 is 5.44 Å². The molecule has 4 N–H and O–H groups in total. The summed E-state index contributed by atoms with van der Waals surface area (Å²) in [6, 6.07) is 0. The van der Waals surface area contributed by atoms with Crippen LogP contribution in [0.25, 0.3) is 0 Å². The summed E-state index contributed by atoms with van der Waals surface area (Å²) in [5, 5.41) is 17.1. The molecule has 0 aliphatic rings. The van der Waals surface area contributed by atoms with Crippen molar-refractivity contribution in [3.8, 4) is 0 Å². The van der Waals surface area contributed by atoms with Crippen molar-refractivity contribution in [2.75, 3.05) is 46.2 Å². The highest BCUT2D eigenvalue weighted by atomic mass is 32.1. The van der Waals surface area contributed by atoms with Gasteiger partial charge in [-0.05, 0) is 0 Å². The summed E-state index contributed by atoms with van der Waals surface area (Å²) in [6.45, 7) is 2.41. The summed E-state index contributed by atoms with van der Waals surface area (Å²) in [7, 11) is 0. The molecule has 0 spiro atoms. The molecule has 0 aliphatic heterocycles. The molecule has 0 aromatic heterocycles. The van der Waals surface area contributed by atoms with Gasteiger partial charge in [0.1, 0.15) is 16.5 Å². The highest BCUT2D eigenvalue weighted by Gasteiger charge is 1.95. The fraction of sp³-hybridized carbons (Fsp3) is 1.00. The van der Waals surface area contributed by atoms with E-state index in [0.29, 0.717) is 33.0 Å². The first-order valence-corrected chi connectivity index (χ1v) is 5.44. The summed E-state index contributed by atoms with van der Waals surface area (Å²) in [5.41, 5.74) is 10.3. The standard InChI is InChI=1S/C8H18O5S.H2N3/c9-1-2-11-3-4-12-5-6-13-7-8(10)14;1-3-2/h8-10,14H,1-7H2;1-2H/q;+1. The molecule has 1 unspecified atom stereocenters. The molecule has 8 nitrogen and oxygen atoms in total. The van der Waals surface area contributed by atoms with E-state index in [4.69, 9.17) is 35.5 Å². The van der Waals surface area contributed by atoms with E-state index in [1.807, 2.05) is 4.91 Å². The van der Waals surface area contributed by atoms with Crippen LogP contribution in [0.3, 0.4) is 0 Å². The lowest BCUT2D eigenvalue weighted by Gasteiger charge is -2.06. The van der Waals surface area contributed by atoms with Crippen LogP contribution in [0.4, 0.5) is 0 Å². The van der Waals surface area contributed by atoms with Crippen molar-refractivity contribution in [1.82, 2.24) is 4.91 Å². The molecule has 0 amide bonds. The van der Waals surface area contributed by atoms with E-state index in [2.05, 4.69) is 12.6 Å². The average molecular weight is 270 g/mol. The number of nitrogens with zero attached hydrogens (tertiary/aromatic N) is 1. The van der Waals surface area contributed by atoms with E-state index in [0.717, 1.165) is 0 Å². The largest absolute Gasteiger partial charge is 0.394 e. The van der Waals surface area contributed by atoms with Crippen molar-refractivity contribution in [3.05, 3.63) is 0 Å². The van der Waals surface area contributed by atoms with Gasteiger partial charge < -0.3 is 24.4 Å². The van der Waals surface area contributed by atoms with E-state index in [-0.39, 0.29) is 13.2 Å². The minimum atomic E-state index is -0.733. The lowest BCUT2D eigenvalue weighted by Crippen LogP contribution is -2.14. The Kier molecular flexibility index (Phi) is 19.7. The van der Waals surface area contributed by atoms with Crippen LogP contribution in [-0.2, 0) is 14.2 Å². The fourth-order valence-corrected chi connectivity index (χ4v) is 0.799. The van der Waals surface area contributed by atoms with Gasteiger partial charge in [0.2, 0.25) is 4.91 Å². The molecular formula is C8H20N3O5S+. The zero-order valence-corrected chi connectivity index (χ0v) is 10.4. The number of hydrogen-bond acceptors (Lipinski definition) is 8. The number of ether oxygens (including phenoxy) is 3. The molecule has 0 bridgehead atoms. The monoisotopic (exact) mass is 270 g/mol. The van der Waals surface area contributed by atoms with Crippen LogP contribution in [0.15, 0.2) is 0 Å². The van der Waals surface area contributed by atoms with Gasteiger partial charge in [0, 0.05) is 0 Å². The van der Waals surface area contributed by atoms with E-state index in [1.54, 1.807) is 0 Å². The van der Waals surface area contributed by atoms with Crippen LogP contribution in [0.5, 0.6) is 0 Å². The second-order valence-corrected chi connectivity index (χ2v) is 3.21. The van der Waals surface area contributed by atoms with Gasteiger partial charge in [-0.3, -0.25) is 0 Å². The first kappa shape index (κ1) is 18.8. The zero-order valence-electron chi connectivity index (χ0n) is 9.54. The lowest BCUT2D eigenvalue weighted by molar-refractivity contribution is -0.000587. The van der Waals surface area contributed by atoms with Crippen LogP contribution < -0.4 is 4.91 Å². The summed E-state index contributed by atoms with van der Waals surface area (Å²) in [5.74, 6) is 0. The molecular weight excluding hydrogens is 250 g/mol. The van der Waals surface area contributed by atoms with Crippen LogP contribution in [0, 0.1) is 11.1 Å². The molecule has 102 valence electrons. The molecule has 0 heterocycles. The summed E-state index contributed by atoms with van der Waals surface area (Å²) in [4.78, 5) is 2.00. The van der Waals surface area contributed by atoms with Crippen molar-refractivity contribution < 1.29 is 24.4 Å². The number of hydrogen-bond donors (Lipinski definition) is 5. The Morgan fingerprint density at radius 3 is 1.82 bits per heavy atom. The normalized spacial score (nSPS) is 11.2. The van der Waals surface area contributed by atoms with Gasteiger partial charge in [0.05, 0.1) is 46.2 Å². The number of aliphatic hydroxyl groups excluding tert-OH is 2. The number of aliphatic hydroxyl groups is 2. The fourth-order valence-electron chi connectivity index (χ4n) is 0.693. The Bertz CT molecular complexity index is 179. The SMILES string of the molecule is N=[N+]=N.OCCOCCOCCOCC(O)S. The van der Waals surface area contributed by atoms with Crippen LogP contribution in [0.2, 0.25) is 0 Å². The highest BCUT2D eigenvalue weighted by molar-refractivity contribution is 7.80. The van der Waals surface area contributed by atoms with Crippen molar-refractivity contribution >= 4 is 12.6 Å². The van der Waals surface area contributed by atoms with Gasteiger partial charge in [-0.25, -0.2) is 0 Å². The third-order valence-electron chi connectivity index (χ3n) is 1.25. The zero-order chi connectivity index (χ0) is 13.4. The Morgan fingerprint density at radius 1 is 1.00 bits per heavy atom. The van der Waals surface area contributed by atoms with Crippen LogP contribution >= 0.6 is 12.6 Å². The third-order valence-corrected chi connectivity index (χ3v) is 1.40. The van der Waals surface area contributed by atoms with E-state index in [9.17, 15) is 0 Å². The average Bonchev–Trinajstić information content (AvgIpc) is 2.27. The molecule has 1 atom stereocenters. The van der Waals surface area contributed by atoms with Crippen molar-refractivity contribution in [3.63, 3.8) is 0 Å². The van der Waals surface area contributed by atoms with E-state index >= 15 is 0 Å². The summed E-state index contributed by atoms with van der Waals surface area (Å²) < 4.78 is 15.1. The van der Waals surface area contributed by atoms with Crippen molar-refractivity contribution in [2.45, 2.75) is 5.44 Å². The Labute approximate surface area is 105 Å². The number of rotatable bonds is 10. The molecule has 0 saturated heterocycles. The second kappa shape index (κ2) is 17.8. The van der Waals surface area contributed by atoms with Crippen LogP contribution in [0.1, 0.15) is 0 Å². The molecule has 9 heteroatoms. The number of thiol groups is 1. The molecule has 0 aromatic carbocycles. The second-order valence-electron chi connectivity index (χ2n) is 2.62. The van der Waals surface area contributed by atoms with E-state index in [1.165, 1.54) is 0 Å². The Hall–Kier alpha value is -0.540. The van der Waals surface area contributed by atoms with Gasteiger partial charge in [-0.2, -0.15) is 0 Å². The van der Waals surface area contributed by atoms with Crippen molar-refractivity contribution in [2.24, 2.45) is 0 Å². The first-order chi connectivity index (χ1) is 8.18. The minimum Gasteiger partial charge on any atom is -0.394 e. The maximum atomic E-state index is 8.71. The Morgan fingerprint density at radius 2 is 1.41 bits per heavy atom. The van der Waals surface area contributed by atoms with Crippen molar-refractivity contribution in [1.29, 1.82) is 11.1 Å². The van der Waals surface area contributed by atoms with Gasteiger partial charge in [-0.15, -0.1) is 12.6 Å². The number of nitrogens with one attached hydrogen (secondary N) is 2. The maximum Gasteiger partial charge on any atom is 0.211 e. The van der Waals surface area contributed by atoms with Gasteiger partial charge in [0.25, 0.3) is 0 Å². The molecule has 17 heavy (non-hydrogen) atoms. The lowest BCUT2D eigenvalue weighted by atomic mass is 10.7. The molecule has 0 radical (unpaired) electrons. The van der Waals surface area contributed by atoms with Crippen LogP contribution in [-0.4, -0.2) is 61.9 Å². The maximum absolute atomic E-state index is 8.71. The molecule has 0 fully saturated rings. The molecule has 0 aliphatic carbocycles. The minimum absolute atomic E-state index is 0.0307.